The summed E-state index contributed by atoms with van der Waals surface area (Å²) in [6.07, 6.45) is 9.77. The molecule has 0 aromatic rings. The number of rotatable bonds is 4. The molecule has 0 radical (unpaired) electrons. The Morgan fingerprint density at radius 2 is 1.78 bits per heavy atom. The van der Waals surface area contributed by atoms with Crippen LogP contribution in [0.5, 0.6) is 0 Å². The van der Waals surface area contributed by atoms with Gasteiger partial charge in [0.2, 0.25) is 0 Å². The van der Waals surface area contributed by atoms with Gasteiger partial charge in [-0.25, -0.2) is 0 Å². The summed E-state index contributed by atoms with van der Waals surface area (Å²) in [6.45, 7) is 0. The number of hydrogen-bond acceptors (Lipinski definition) is 3. The van der Waals surface area contributed by atoms with E-state index < -0.39 is 0 Å². The molecule has 0 aromatic heterocycles. The smallest absolute Gasteiger partial charge is 0.313 e. The number of ether oxygens (including phenoxy) is 1. The lowest BCUT2D eigenvalue weighted by molar-refractivity contribution is -0.167. The zero-order valence-electron chi connectivity index (χ0n) is 12.1. The summed E-state index contributed by atoms with van der Waals surface area (Å²) in [4.78, 5) is 14.5. The van der Waals surface area contributed by atoms with Crippen LogP contribution in [-0.4, -0.2) is 38.1 Å². The van der Waals surface area contributed by atoms with Gasteiger partial charge in [-0.1, -0.05) is 25.7 Å². The van der Waals surface area contributed by atoms with Crippen molar-refractivity contribution in [2.75, 3.05) is 21.2 Å². The second-order valence-corrected chi connectivity index (χ2v) is 6.31. The third-order valence-electron chi connectivity index (χ3n) is 5.06. The summed E-state index contributed by atoms with van der Waals surface area (Å²) in [5.74, 6) is 0.700. The van der Waals surface area contributed by atoms with E-state index in [2.05, 4.69) is 19.0 Å². The summed E-state index contributed by atoms with van der Waals surface area (Å²) in [5.41, 5.74) is -0.208. The van der Waals surface area contributed by atoms with E-state index in [9.17, 15) is 4.79 Å². The van der Waals surface area contributed by atoms with Gasteiger partial charge in [0.15, 0.2) is 0 Å². The van der Waals surface area contributed by atoms with Gasteiger partial charge in [0.05, 0.1) is 12.5 Å². The molecule has 3 nitrogen and oxygen atoms in total. The van der Waals surface area contributed by atoms with Gasteiger partial charge in [-0.3, -0.25) is 4.79 Å². The molecule has 0 aromatic carbocycles. The van der Waals surface area contributed by atoms with Crippen molar-refractivity contribution in [2.45, 2.75) is 57.4 Å². The van der Waals surface area contributed by atoms with Crippen LogP contribution >= 0.6 is 0 Å². The molecule has 2 fully saturated rings. The van der Waals surface area contributed by atoms with Gasteiger partial charge in [0.1, 0.15) is 0 Å². The van der Waals surface area contributed by atoms with Crippen LogP contribution in [0.3, 0.4) is 0 Å². The van der Waals surface area contributed by atoms with Crippen LogP contribution in [0.4, 0.5) is 0 Å². The van der Waals surface area contributed by atoms with Gasteiger partial charge in [-0.05, 0) is 45.7 Å². The van der Waals surface area contributed by atoms with Crippen molar-refractivity contribution < 1.29 is 9.53 Å². The van der Waals surface area contributed by atoms with Gasteiger partial charge >= 0.3 is 5.97 Å². The highest BCUT2D eigenvalue weighted by Gasteiger charge is 2.54. The van der Waals surface area contributed by atoms with Crippen molar-refractivity contribution >= 4 is 5.97 Å². The lowest BCUT2D eigenvalue weighted by Crippen LogP contribution is -2.57. The maximum Gasteiger partial charge on any atom is 0.313 e. The molecule has 2 rings (SSSR count). The minimum absolute atomic E-state index is 0.0259. The summed E-state index contributed by atoms with van der Waals surface area (Å²) in [6, 6.07) is 0.374. The number of carbonyl (C=O) groups excluding carboxylic acids is 1. The molecule has 18 heavy (non-hydrogen) atoms. The van der Waals surface area contributed by atoms with E-state index in [1.807, 2.05) is 0 Å². The van der Waals surface area contributed by atoms with Crippen LogP contribution in [0.25, 0.3) is 0 Å². The molecule has 0 heterocycles. The molecule has 2 saturated carbocycles. The molecule has 2 aliphatic rings. The topological polar surface area (TPSA) is 29.5 Å². The van der Waals surface area contributed by atoms with Crippen molar-refractivity contribution in [3.8, 4) is 0 Å². The van der Waals surface area contributed by atoms with Crippen molar-refractivity contribution in [1.82, 2.24) is 4.90 Å². The van der Waals surface area contributed by atoms with Crippen molar-refractivity contribution in [3.63, 3.8) is 0 Å². The maximum atomic E-state index is 12.3. The predicted octanol–water partition coefficient (Wildman–Crippen LogP) is 2.84. The van der Waals surface area contributed by atoms with Gasteiger partial charge < -0.3 is 9.64 Å². The Morgan fingerprint density at radius 3 is 2.17 bits per heavy atom. The first-order chi connectivity index (χ1) is 8.62. The van der Waals surface area contributed by atoms with E-state index in [-0.39, 0.29) is 11.4 Å². The van der Waals surface area contributed by atoms with Gasteiger partial charge in [0, 0.05) is 6.04 Å². The zero-order chi connectivity index (χ0) is 13.2. The molecule has 0 N–H and O–H groups in total. The lowest BCUT2D eigenvalue weighted by atomic mass is 9.59. The lowest BCUT2D eigenvalue weighted by Gasteiger charge is -2.51. The quantitative estimate of drug-likeness (QED) is 0.722. The Morgan fingerprint density at radius 1 is 1.17 bits per heavy atom. The highest BCUT2D eigenvalue weighted by molar-refractivity contribution is 5.78. The van der Waals surface area contributed by atoms with E-state index in [1.54, 1.807) is 0 Å². The Labute approximate surface area is 111 Å². The van der Waals surface area contributed by atoms with Crippen LogP contribution in [0, 0.1) is 11.3 Å². The summed E-state index contributed by atoms with van der Waals surface area (Å²) in [5, 5.41) is 0. The number of esters is 1. The van der Waals surface area contributed by atoms with Crippen LogP contribution in [0.1, 0.15) is 51.4 Å². The average Bonchev–Trinajstić information content (AvgIpc) is 2.33. The molecule has 0 aliphatic heterocycles. The fourth-order valence-corrected chi connectivity index (χ4v) is 4.20. The van der Waals surface area contributed by atoms with E-state index in [4.69, 9.17) is 4.74 Å². The standard InChI is InChI=1S/C15H27NO2/c1-16(2)13(12-8-5-4-6-9-12)15(10-7-11-15)14(17)18-3/h12-13H,4-11H2,1-3H3. The molecule has 1 unspecified atom stereocenters. The second-order valence-electron chi connectivity index (χ2n) is 6.31. The SMILES string of the molecule is COC(=O)C1(C(C2CCCCC2)N(C)C)CCC1. The molecule has 0 bridgehead atoms. The fraction of sp³-hybridized carbons (Fsp3) is 0.933. The largest absolute Gasteiger partial charge is 0.469 e. The van der Waals surface area contributed by atoms with Crippen LogP contribution in [0.2, 0.25) is 0 Å². The van der Waals surface area contributed by atoms with Crippen molar-refractivity contribution in [3.05, 3.63) is 0 Å². The third-order valence-corrected chi connectivity index (χ3v) is 5.06. The Bertz CT molecular complexity index is 291. The molecule has 1 atom stereocenters. The minimum atomic E-state index is -0.208. The number of hydrogen-bond donors (Lipinski definition) is 0. The Kier molecular flexibility index (Phi) is 4.31. The van der Waals surface area contributed by atoms with Crippen molar-refractivity contribution in [1.29, 1.82) is 0 Å². The molecule has 2 aliphatic carbocycles. The average molecular weight is 253 g/mol. The number of nitrogens with zero attached hydrogens (tertiary/aromatic N) is 1. The van der Waals surface area contributed by atoms with E-state index in [0.717, 1.165) is 12.8 Å². The summed E-state index contributed by atoms with van der Waals surface area (Å²) in [7, 11) is 5.79. The van der Waals surface area contributed by atoms with Crippen molar-refractivity contribution in [2.24, 2.45) is 11.3 Å². The highest BCUT2D eigenvalue weighted by Crippen LogP contribution is 2.50. The van der Waals surface area contributed by atoms with Crippen LogP contribution in [0.15, 0.2) is 0 Å². The first kappa shape index (κ1) is 13.9. The van der Waals surface area contributed by atoms with Gasteiger partial charge in [-0.15, -0.1) is 0 Å². The van der Waals surface area contributed by atoms with Gasteiger partial charge in [0.25, 0.3) is 0 Å². The minimum Gasteiger partial charge on any atom is -0.469 e. The normalized spacial score (nSPS) is 25.6. The summed E-state index contributed by atoms with van der Waals surface area (Å²) >= 11 is 0. The molecule has 0 spiro atoms. The monoisotopic (exact) mass is 253 g/mol. The number of carbonyl (C=O) groups is 1. The van der Waals surface area contributed by atoms with E-state index in [0.29, 0.717) is 12.0 Å². The first-order valence-corrected chi connectivity index (χ1v) is 7.36. The Balaban J connectivity index is 2.19. The predicted molar refractivity (Wildman–Crippen MR) is 72.4 cm³/mol. The van der Waals surface area contributed by atoms with E-state index in [1.165, 1.54) is 45.6 Å². The molecular formula is C15H27NO2. The third kappa shape index (κ3) is 2.29. The second kappa shape index (κ2) is 5.60. The van der Waals surface area contributed by atoms with Gasteiger partial charge in [-0.2, -0.15) is 0 Å². The fourth-order valence-electron chi connectivity index (χ4n) is 4.20. The highest BCUT2D eigenvalue weighted by atomic mass is 16.5. The summed E-state index contributed by atoms with van der Waals surface area (Å²) < 4.78 is 5.11. The molecular weight excluding hydrogens is 226 g/mol. The zero-order valence-corrected chi connectivity index (χ0v) is 12.1. The van der Waals surface area contributed by atoms with E-state index >= 15 is 0 Å². The molecule has 0 saturated heterocycles. The Hall–Kier alpha value is -0.570. The molecule has 104 valence electrons. The van der Waals surface area contributed by atoms with Crippen LogP contribution < -0.4 is 0 Å². The van der Waals surface area contributed by atoms with Crippen LogP contribution in [-0.2, 0) is 9.53 Å². The molecule has 0 amide bonds. The molecule has 3 heteroatoms. The number of methoxy groups -OCH3 is 1. The maximum absolute atomic E-state index is 12.3. The first-order valence-electron chi connectivity index (χ1n) is 7.36.